The van der Waals surface area contributed by atoms with Crippen LogP contribution in [0.15, 0.2) is 89.7 Å². The number of aromatic nitrogens is 2. The monoisotopic (exact) mass is 370 g/mol. The number of carbonyl (C=O) groups is 1. The van der Waals surface area contributed by atoms with Crippen LogP contribution in [0.1, 0.15) is 10.4 Å². The number of ether oxygens (including phenoxy) is 1. The molecular formula is C23H18N2O3. The van der Waals surface area contributed by atoms with E-state index in [0.29, 0.717) is 22.3 Å². The average Bonchev–Trinajstić information content (AvgIpc) is 2.76. The molecule has 5 nitrogen and oxygen atoms in total. The molecule has 0 aliphatic rings. The van der Waals surface area contributed by atoms with Gasteiger partial charge in [0.2, 0.25) is 0 Å². The third kappa shape index (κ3) is 3.55. The average molecular weight is 370 g/mol. The summed E-state index contributed by atoms with van der Waals surface area (Å²) in [5.41, 5.74) is 1.80. The van der Waals surface area contributed by atoms with Crippen molar-refractivity contribution in [1.82, 2.24) is 9.55 Å². The summed E-state index contributed by atoms with van der Waals surface area (Å²) in [5.74, 6) is 0.142. The molecule has 1 heterocycles. The van der Waals surface area contributed by atoms with E-state index in [1.807, 2.05) is 54.6 Å². The van der Waals surface area contributed by atoms with E-state index in [-0.39, 0.29) is 18.7 Å². The summed E-state index contributed by atoms with van der Waals surface area (Å²) < 4.78 is 6.93. The van der Waals surface area contributed by atoms with Gasteiger partial charge in [-0.2, -0.15) is 0 Å². The lowest BCUT2D eigenvalue weighted by Gasteiger charge is -2.14. The molecule has 0 bridgehead atoms. The van der Waals surface area contributed by atoms with Gasteiger partial charge in [-0.05, 0) is 24.3 Å². The molecule has 0 amide bonds. The van der Waals surface area contributed by atoms with Crippen LogP contribution in [0.2, 0.25) is 0 Å². The van der Waals surface area contributed by atoms with Gasteiger partial charge in [0.15, 0.2) is 0 Å². The predicted molar refractivity (Wildman–Crippen MR) is 108 cm³/mol. The van der Waals surface area contributed by atoms with Crippen molar-refractivity contribution in [3.63, 3.8) is 0 Å². The van der Waals surface area contributed by atoms with Gasteiger partial charge in [0.25, 0.3) is 5.56 Å². The SMILES string of the molecule is O=C(OCCn1c(-c2ccccc2)nc2ccccc2c1=O)c1ccccc1. The van der Waals surface area contributed by atoms with Gasteiger partial charge in [-0.3, -0.25) is 9.36 Å². The summed E-state index contributed by atoms with van der Waals surface area (Å²) in [7, 11) is 0. The molecule has 1 aromatic heterocycles. The van der Waals surface area contributed by atoms with Gasteiger partial charge in [0.05, 0.1) is 23.0 Å². The predicted octanol–water partition coefficient (Wildman–Crippen LogP) is 3.92. The van der Waals surface area contributed by atoms with Gasteiger partial charge in [-0.15, -0.1) is 0 Å². The lowest BCUT2D eigenvalue weighted by atomic mass is 10.2. The maximum absolute atomic E-state index is 13.1. The Hall–Kier alpha value is -3.73. The van der Waals surface area contributed by atoms with Crippen molar-refractivity contribution in [1.29, 1.82) is 0 Å². The summed E-state index contributed by atoms with van der Waals surface area (Å²) >= 11 is 0. The molecule has 4 rings (SSSR count). The van der Waals surface area contributed by atoms with Crippen LogP contribution in [0.3, 0.4) is 0 Å². The third-order valence-electron chi connectivity index (χ3n) is 4.45. The Morgan fingerprint density at radius 1 is 0.857 bits per heavy atom. The van der Waals surface area contributed by atoms with Gasteiger partial charge in [-0.25, -0.2) is 9.78 Å². The van der Waals surface area contributed by atoms with Crippen LogP contribution < -0.4 is 5.56 Å². The molecule has 0 aliphatic heterocycles. The van der Waals surface area contributed by atoms with Crippen molar-refractivity contribution in [3.8, 4) is 11.4 Å². The fourth-order valence-electron chi connectivity index (χ4n) is 3.07. The number of hydrogen-bond donors (Lipinski definition) is 0. The Morgan fingerprint density at radius 3 is 2.25 bits per heavy atom. The minimum Gasteiger partial charge on any atom is -0.460 e. The van der Waals surface area contributed by atoms with Gasteiger partial charge in [-0.1, -0.05) is 60.7 Å². The Labute approximate surface area is 161 Å². The fraction of sp³-hybridized carbons (Fsp3) is 0.0870. The van der Waals surface area contributed by atoms with Crippen molar-refractivity contribution in [2.75, 3.05) is 6.61 Å². The molecule has 0 saturated heterocycles. The van der Waals surface area contributed by atoms with E-state index in [4.69, 9.17) is 4.74 Å². The summed E-state index contributed by atoms with van der Waals surface area (Å²) in [6.07, 6.45) is 0. The number of rotatable bonds is 5. The van der Waals surface area contributed by atoms with Gasteiger partial charge in [0.1, 0.15) is 12.4 Å². The molecule has 0 spiro atoms. The quantitative estimate of drug-likeness (QED) is 0.500. The van der Waals surface area contributed by atoms with Crippen LogP contribution in [0, 0.1) is 0 Å². The lowest BCUT2D eigenvalue weighted by Crippen LogP contribution is -2.26. The van der Waals surface area contributed by atoms with Crippen LogP contribution in [0.4, 0.5) is 0 Å². The molecule has 5 heteroatoms. The summed E-state index contributed by atoms with van der Waals surface area (Å²) in [6, 6.07) is 25.6. The molecule has 4 aromatic rings. The first-order valence-electron chi connectivity index (χ1n) is 9.01. The highest BCUT2D eigenvalue weighted by molar-refractivity contribution is 5.89. The maximum atomic E-state index is 13.1. The van der Waals surface area contributed by atoms with Gasteiger partial charge < -0.3 is 4.74 Å². The molecule has 0 aliphatic carbocycles. The zero-order valence-electron chi connectivity index (χ0n) is 15.1. The number of benzene rings is 3. The number of nitrogens with zero attached hydrogens (tertiary/aromatic N) is 2. The molecule has 0 fully saturated rings. The maximum Gasteiger partial charge on any atom is 0.338 e. The lowest BCUT2D eigenvalue weighted by molar-refractivity contribution is 0.0490. The second-order valence-corrected chi connectivity index (χ2v) is 6.28. The second-order valence-electron chi connectivity index (χ2n) is 6.28. The molecule has 28 heavy (non-hydrogen) atoms. The highest BCUT2D eigenvalue weighted by atomic mass is 16.5. The van der Waals surface area contributed by atoms with Crippen molar-refractivity contribution in [2.45, 2.75) is 6.54 Å². The second kappa shape index (κ2) is 7.88. The topological polar surface area (TPSA) is 61.2 Å². The Kier molecular flexibility index (Phi) is 4.97. The van der Waals surface area contributed by atoms with E-state index in [2.05, 4.69) is 4.98 Å². The molecule has 0 unspecified atom stereocenters. The standard InChI is InChI=1S/C23H18N2O3/c26-22-19-13-7-8-14-20(19)24-21(17-9-3-1-4-10-17)25(22)15-16-28-23(27)18-11-5-2-6-12-18/h1-14H,15-16H2. The minimum absolute atomic E-state index is 0.0769. The van der Waals surface area contributed by atoms with Crippen molar-refractivity contribution < 1.29 is 9.53 Å². The van der Waals surface area contributed by atoms with E-state index in [9.17, 15) is 9.59 Å². The summed E-state index contributed by atoms with van der Waals surface area (Å²) in [6.45, 7) is 0.299. The van der Waals surface area contributed by atoms with Gasteiger partial charge in [0, 0.05) is 5.56 Å². The van der Waals surface area contributed by atoms with Crippen molar-refractivity contribution in [2.24, 2.45) is 0 Å². The van der Waals surface area contributed by atoms with Gasteiger partial charge >= 0.3 is 5.97 Å². The van der Waals surface area contributed by atoms with E-state index in [1.54, 1.807) is 34.9 Å². The van der Waals surface area contributed by atoms with Crippen LogP contribution in [-0.2, 0) is 11.3 Å². The highest BCUT2D eigenvalue weighted by Crippen LogP contribution is 2.18. The first-order valence-corrected chi connectivity index (χ1v) is 9.01. The largest absolute Gasteiger partial charge is 0.460 e. The fourth-order valence-corrected chi connectivity index (χ4v) is 3.07. The first-order chi connectivity index (χ1) is 13.7. The van der Waals surface area contributed by atoms with Crippen LogP contribution >= 0.6 is 0 Å². The number of hydrogen-bond acceptors (Lipinski definition) is 4. The number of fused-ring (bicyclic) bond motifs is 1. The third-order valence-corrected chi connectivity index (χ3v) is 4.45. The van der Waals surface area contributed by atoms with E-state index < -0.39 is 5.97 Å². The number of esters is 1. The van der Waals surface area contributed by atoms with E-state index in [1.165, 1.54) is 0 Å². The zero-order valence-corrected chi connectivity index (χ0v) is 15.1. The Bertz CT molecular complexity index is 1170. The molecule has 138 valence electrons. The number of para-hydroxylation sites is 1. The first kappa shape index (κ1) is 17.7. The minimum atomic E-state index is -0.413. The van der Waals surface area contributed by atoms with Crippen molar-refractivity contribution >= 4 is 16.9 Å². The molecule has 3 aromatic carbocycles. The zero-order chi connectivity index (χ0) is 19.3. The van der Waals surface area contributed by atoms with E-state index >= 15 is 0 Å². The molecule has 0 N–H and O–H groups in total. The number of carbonyl (C=O) groups excluding carboxylic acids is 1. The highest BCUT2D eigenvalue weighted by Gasteiger charge is 2.13. The summed E-state index contributed by atoms with van der Waals surface area (Å²) in [5, 5.41) is 0.538. The smallest absolute Gasteiger partial charge is 0.338 e. The van der Waals surface area contributed by atoms with E-state index in [0.717, 1.165) is 5.56 Å². The molecule has 0 radical (unpaired) electrons. The van der Waals surface area contributed by atoms with Crippen molar-refractivity contribution in [3.05, 3.63) is 101 Å². The van der Waals surface area contributed by atoms with Crippen LogP contribution in [0.25, 0.3) is 22.3 Å². The molecule has 0 saturated carbocycles. The van der Waals surface area contributed by atoms with Crippen LogP contribution in [-0.4, -0.2) is 22.1 Å². The van der Waals surface area contributed by atoms with Crippen LogP contribution in [0.5, 0.6) is 0 Å². The molecular weight excluding hydrogens is 352 g/mol. The Balaban J connectivity index is 1.66. The molecule has 0 atom stereocenters. The Morgan fingerprint density at radius 2 is 1.50 bits per heavy atom. The normalized spacial score (nSPS) is 10.7. The summed E-state index contributed by atoms with van der Waals surface area (Å²) in [4.78, 5) is 29.9.